The first-order valence-electron chi connectivity index (χ1n) is 8.04. The molecule has 0 aromatic heterocycles. The van der Waals surface area contributed by atoms with Crippen molar-refractivity contribution in [2.45, 2.75) is 45.3 Å². The van der Waals surface area contributed by atoms with Crippen LogP contribution in [-0.4, -0.2) is 35.7 Å². The van der Waals surface area contributed by atoms with Crippen molar-refractivity contribution in [2.75, 3.05) is 18.4 Å². The quantitative estimate of drug-likeness (QED) is 0.896. The van der Waals surface area contributed by atoms with Gasteiger partial charge in [-0.15, -0.1) is 0 Å². The van der Waals surface area contributed by atoms with Gasteiger partial charge >= 0.3 is 6.09 Å². The Morgan fingerprint density at radius 1 is 1.26 bits per heavy atom. The normalized spacial score (nSPS) is 16.1. The molecule has 5 heteroatoms. The molecule has 1 aromatic rings. The number of rotatable bonds is 3. The maximum atomic E-state index is 11.8. The number of anilines is 1. The molecule has 0 saturated carbocycles. The number of ether oxygens (including phenoxy) is 1. The lowest BCUT2D eigenvalue weighted by Crippen LogP contribution is -2.38. The standard InChI is InChI=1S/C18H27N3O2/c1-13(21-11-9-15(19)10-12-21)14-5-7-16(8-6-14)20-17(22)23-18(2,3)4/h5-8,15H,1,9-12,19H2,2-4H3,(H,20,22). The second-order valence-electron chi connectivity index (χ2n) is 6.98. The van der Waals surface area contributed by atoms with Crippen molar-refractivity contribution < 1.29 is 9.53 Å². The van der Waals surface area contributed by atoms with Gasteiger partial charge in [0.05, 0.1) is 0 Å². The molecule has 1 saturated heterocycles. The number of hydrogen-bond acceptors (Lipinski definition) is 4. The Bertz CT molecular complexity index is 553. The van der Waals surface area contributed by atoms with E-state index in [1.807, 2.05) is 45.0 Å². The molecule has 5 nitrogen and oxygen atoms in total. The van der Waals surface area contributed by atoms with Crippen molar-refractivity contribution in [1.29, 1.82) is 0 Å². The van der Waals surface area contributed by atoms with Crippen LogP contribution in [0.5, 0.6) is 0 Å². The first-order chi connectivity index (χ1) is 10.7. The van der Waals surface area contributed by atoms with Crippen molar-refractivity contribution in [3.8, 4) is 0 Å². The van der Waals surface area contributed by atoms with Crippen molar-refractivity contribution in [2.24, 2.45) is 5.73 Å². The minimum atomic E-state index is -0.507. The van der Waals surface area contributed by atoms with E-state index in [0.29, 0.717) is 11.7 Å². The van der Waals surface area contributed by atoms with Gasteiger partial charge in [-0.25, -0.2) is 4.79 Å². The molecule has 1 amide bonds. The van der Waals surface area contributed by atoms with Gasteiger partial charge in [-0.3, -0.25) is 5.32 Å². The summed E-state index contributed by atoms with van der Waals surface area (Å²) < 4.78 is 5.24. The Kier molecular flexibility index (Phi) is 5.31. The Balaban J connectivity index is 1.94. The highest BCUT2D eigenvalue weighted by Gasteiger charge is 2.18. The number of likely N-dealkylation sites (tertiary alicyclic amines) is 1. The van der Waals surface area contributed by atoms with E-state index < -0.39 is 11.7 Å². The summed E-state index contributed by atoms with van der Waals surface area (Å²) in [5.41, 5.74) is 8.19. The summed E-state index contributed by atoms with van der Waals surface area (Å²) in [4.78, 5) is 14.0. The van der Waals surface area contributed by atoms with Crippen LogP contribution in [0.1, 0.15) is 39.2 Å². The zero-order valence-electron chi connectivity index (χ0n) is 14.3. The summed E-state index contributed by atoms with van der Waals surface area (Å²) in [6, 6.07) is 7.95. The van der Waals surface area contributed by atoms with Crippen LogP contribution in [0.2, 0.25) is 0 Å². The van der Waals surface area contributed by atoms with Crippen molar-refractivity contribution in [1.82, 2.24) is 4.90 Å². The van der Waals surface area contributed by atoms with Gasteiger partial charge in [0.2, 0.25) is 0 Å². The van der Waals surface area contributed by atoms with E-state index >= 15 is 0 Å². The van der Waals surface area contributed by atoms with Gasteiger partial charge in [0.1, 0.15) is 5.60 Å². The highest BCUT2D eigenvalue weighted by Crippen LogP contribution is 2.23. The minimum absolute atomic E-state index is 0.305. The van der Waals surface area contributed by atoms with E-state index in [9.17, 15) is 4.79 Å². The summed E-state index contributed by atoms with van der Waals surface area (Å²) >= 11 is 0. The number of piperidine rings is 1. The molecular formula is C18H27N3O2. The number of hydrogen-bond donors (Lipinski definition) is 2. The number of amides is 1. The van der Waals surface area contributed by atoms with Crippen molar-refractivity contribution in [3.63, 3.8) is 0 Å². The molecule has 1 aromatic carbocycles. The topological polar surface area (TPSA) is 67.6 Å². The molecule has 0 radical (unpaired) electrons. The largest absolute Gasteiger partial charge is 0.444 e. The van der Waals surface area contributed by atoms with Crippen LogP contribution in [0.4, 0.5) is 10.5 Å². The lowest BCUT2D eigenvalue weighted by Gasteiger charge is -2.33. The number of nitrogens with one attached hydrogen (secondary N) is 1. The second-order valence-corrected chi connectivity index (χ2v) is 6.98. The number of nitrogens with two attached hydrogens (primary N) is 1. The summed E-state index contributed by atoms with van der Waals surface area (Å²) in [7, 11) is 0. The molecule has 1 aliphatic rings. The third kappa shape index (κ3) is 5.28. The highest BCUT2D eigenvalue weighted by atomic mass is 16.6. The monoisotopic (exact) mass is 317 g/mol. The molecule has 0 aliphatic carbocycles. The van der Waals surface area contributed by atoms with Gasteiger partial charge in [0, 0.05) is 30.5 Å². The molecule has 0 atom stereocenters. The fourth-order valence-corrected chi connectivity index (χ4v) is 2.52. The van der Waals surface area contributed by atoms with Gasteiger partial charge in [0.25, 0.3) is 0 Å². The zero-order valence-corrected chi connectivity index (χ0v) is 14.3. The number of nitrogens with zero attached hydrogens (tertiary/aromatic N) is 1. The lowest BCUT2D eigenvalue weighted by atomic mass is 10.0. The maximum absolute atomic E-state index is 11.8. The number of carbonyl (C=O) groups excluding carboxylic acids is 1. The predicted octanol–water partition coefficient (Wildman–Crippen LogP) is 3.43. The predicted molar refractivity (Wildman–Crippen MR) is 94.1 cm³/mol. The molecular weight excluding hydrogens is 290 g/mol. The molecule has 1 fully saturated rings. The van der Waals surface area contributed by atoms with E-state index in [4.69, 9.17) is 10.5 Å². The molecule has 3 N–H and O–H groups in total. The first-order valence-corrected chi connectivity index (χ1v) is 8.04. The van der Waals surface area contributed by atoms with Crippen LogP contribution >= 0.6 is 0 Å². The van der Waals surface area contributed by atoms with Crippen molar-refractivity contribution >= 4 is 17.5 Å². The SMILES string of the molecule is C=C(c1ccc(NC(=O)OC(C)(C)C)cc1)N1CCC(N)CC1. The van der Waals surface area contributed by atoms with E-state index in [1.165, 1.54) is 0 Å². The summed E-state index contributed by atoms with van der Waals surface area (Å²) in [5.74, 6) is 0. The maximum Gasteiger partial charge on any atom is 0.412 e. The van der Waals surface area contributed by atoms with Crippen LogP contribution in [0.15, 0.2) is 30.8 Å². The van der Waals surface area contributed by atoms with Gasteiger partial charge < -0.3 is 15.4 Å². The Hall–Kier alpha value is -2.01. The van der Waals surface area contributed by atoms with E-state index in [1.54, 1.807) is 0 Å². The number of benzene rings is 1. The lowest BCUT2D eigenvalue weighted by molar-refractivity contribution is 0.0636. The van der Waals surface area contributed by atoms with Gasteiger partial charge in [0.15, 0.2) is 0 Å². The van der Waals surface area contributed by atoms with Crippen LogP contribution in [0.25, 0.3) is 5.70 Å². The van der Waals surface area contributed by atoms with Crippen LogP contribution in [0.3, 0.4) is 0 Å². The average molecular weight is 317 g/mol. The third-order valence-corrected chi connectivity index (χ3v) is 3.78. The fourth-order valence-electron chi connectivity index (χ4n) is 2.52. The molecule has 1 aliphatic heterocycles. The summed E-state index contributed by atoms with van der Waals surface area (Å²) in [5, 5.41) is 2.73. The molecule has 0 bridgehead atoms. The Morgan fingerprint density at radius 3 is 2.35 bits per heavy atom. The molecule has 2 rings (SSSR count). The Labute approximate surface area is 138 Å². The Morgan fingerprint density at radius 2 is 1.83 bits per heavy atom. The number of carbonyl (C=O) groups is 1. The first kappa shape index (κ1) is 17.3. The van der Waals surface area contributed by atoms with Crippen LogP contribution in [-0.2, 0) is 4.74 Å². The average Bonchev–Trinajstić information content (AvgIpc) is 2.46. The summed E-state index contributed by atoms with van der Waals surface area (Å²) in [6.45, 7) is 11.6. The second kappa shape index (κ2) is 7.04. The van der Waals surface area contributed by atoms with Crippen molar-refractivity contribution in [3.05, 3.63) is 36.4 Å². The molecule has 126 valence electrons. The molecule has 0 spiro atoms. The van der Waals surface area contributed by atoms with E-state index in [-0.39, 0.29) is 0 Å². The van der Waals surface area contributed by atoms with Crippen LogP contribution in [0, 0.1) is 0 Å². The smallest absolute Gasteiger partial charge is 0.412 e. The molecule has 0 unspecified atom stereocenters. The molecule has 1 heterocycles. The minimum Gasteiger partial charge on any atom is -0.444 e. The van der Waals surface area contributed by atoms with Gasteiger partial charge in [-0.1, -0.05) is 18.7 Å². The zero-order chi connectivity index (χ0) is 17.0. The third-order valence-electron chi connectivity index (χ3n) is 3.78. The van der Waals surface area contributed by atoms with Crippen LogP contribution < -0.4 is 11.1 Å². The van der Waals surface area contributed by atoms with Gasteiger partial charge in [-0.05, 0) is 51.3 Å². The van der Waals surface area contributed by atoms with E-state index in [2.05, 4.69) is 16.8 Å². The van der Waals surface area contributed by atoms with E-state index in [0.717, 1.165) is 37.2 Å². The highest BCUT2D eigenvalue weighted by molar-refractivity contribution is 5.85. The molecule has 23 heavy (non-hydrogen) atoms. The van der Waals surface area contributed by atoms with Gasteiger partial charge in [-0.2, -0.15) is 0 Å². The fraction of sp³-hybridized carbons (Fsp3) is 0.500. The summed E-state index contributed by atoms with van der Waals surface area (Å²) in [6.07, 6.45) is 1.54.